The molecule has 1 N–H and O–H groups in total. The molecule has 0 radical (unpaired) electrons. The van der Waals surface area contributed by atoms with Gasteiger partial charge in [-0.1, -0.05) is 44.9 Å². The van der Waals surface area contributed by atoms with Gasteiger partial charge in [0.15, 0.2) is 0 Å². The molecule has 1 saturated heterocycles. The maximum atomic E-state index is 13.2. The molecule has 0 aromatic carbocycles. The van der Waals surface area contributed by atoms with Crippen molar-refractivity contribution < 1.29 is 9.59 Å². The van der Waals surface area contributed by atoms with Gasteiger partial charge in [-0.2, -0.15) is 0 Å². The first-order chi connectivity index (χ1) is 12.3. The summed E-state index contributed by atoms with van der Waals surface area (Å²) in [6.45, 7) is 1.66. The molecule has 4 nitrogen and oxygen atoms in total. The zero-order chi connectivity index (χ0) is 17.5. The summed E-state index contributed by atoms with van der Waals surface area (Å²) in [6.07, 6.45) is 15.8. The van der Waals surface area contributed by atoms with Gasteiger partial charge in [-0.15, -0.1) is 0 Å². The van der Waals surface area contributed by atoms with Gasteiger partial charge >= 0.3 is 0 Å². The fourth-order valence-electron chi connectivity index (χ4n) is 5.12. The van der Waals surface area contributed by atoms with Crippen LogP contribution in [0.2, 0.25) is 0 Å². The number of hydrogen-bond donors (Lipinski definition) is 1. The number of carbonyl (C=O) groups is 2. The summed E-state index contributed by atoms with van der Waals surface area (Å²) in [7, 11) is 0. The summed E-state index contributed by atoms with van der Waals surface area (Å²) in [6, 6.07) is 0.142. The van der Waals surface area contributed by atoms with E-state index in [0.29, 0.717) is 18.2 Å². The largest absolute Gasteiger partial charge is 0.356 e. The second-order valence-corrected chi connectivity index (χ2v) is 8.46. The average Bonchev–Trinajstić information content (AvgIpc) is 2.67. The molecule has 0 spiro atoms. The van der Waals surface area contributed by atoms with Crippen LogP contribution >= 0.6 is 0 Å². The molecule has 0 aromatic rings. The Morgan fingerprint density at radius 3 is 2.40 bits per heavy atom. The summed E-state index contributed by atoms with van der Waals surface area (Å²) in [5.74, 6) is 1.12. The zero-order valence-corrected chi connectivity index (χ0v) is 15.8. The van der Waals surface area contributed by atoms with E-state index in [-0.39, 0.29) is 17.9 Å². The monoisotopic (exact) mass is 348 g/mol. The van der Waals surface area contributed by atoms with Crippen LogP contribution in [0.25, 0.3) is 0 Å². The fraction of sp³-hybridized carbons (Fsp3) is 0.905. The van der Waals surface area contributed by atoms with Crippen LogP contribution in [0.15, 0.2) is 0 Å². The van der Waals surface area contributed by atoms with Crippen molar-refractivity contribution in [1.82, 2.24) is 10.2 Å². The Labute approximate surface area is 153 Å². The molecule has 3 aliphatic rings. The summed E-state index contributed by atoms with van der Waals surface area (Å²) in [4.78, 5) is 28.0. The van der Waals surface area contributed by atoms with Crippen LogP contribution in [0, 0.1) is 11.8 Å². The highest BCUT2D eigenvalue weighted by Crippen LogP contribution is 2.32. The first kappa shape index (κ1) is 18.7. The molecule has 4 heteroatoms. The Hall–Kier alpha value is -1.06. The van der Waals surface area contributed by atoms with Gasteiger partial charge in [0.05, 0.1) is 5.92 Å². The fourth-order valence-corrected chi connectivity index (χ4v) is 5.12. The van der Waals surface area contributed by atoms with E-state index in [9.17, 15) is 9.59 Å². The highest BCUT2D eigenvalue weighted by atomic mass is 16.2. The SMILES string of the molecule is O=C1NCCCCCCN(C(=O)CC2CCCCC2)[C@H]2CCCC[C@@H]12. The standard InChI is InChI=1S/C21H36N2O2/c24-20(16-17-10-4-3-5-11-17)23-15-9-2-1-8-14-22-21(25)18-12-6-7-13-19(18)23/h17-19H,1-16H2,(H,22,25)/t18-,19+/m1/s1. The molecular weight excluding hydrogens is 312 g/mol. The minimum Gasteiger partial charge on any atom is -0.356 e. The molecule has 25 heavy (non-hydrogen) atoms. The normalized spacial score (nSPS) is 30.1. The van der Waals surface area contributed by atoms with Gasteiger partial charge in [-0.05, 0) is 44.4 Å². The Balaban J connectivity index is 1.71. The van der Waals surface area contributed by atoms with Crippen LogP contribution in [-0.4, -0.2) is 35.8 Å². The second kappa shape index (κ2) is 9.59. The van der Waals surface area contributed by atoms with Crippen molar-refractivity contribution >= 4 is 11.8 Å². The zero-order valence-electron chi connectivity index (χ0n) is 15.8. The quantitative estimate of drug-likeness (QED) is 0.819. The molecule has 2 aliphatic carbocycles. The van der Waals surface area contributed by atoms with E-state index in [4.69, 9.17) is 0 Å². The number of nitrogens with one attached hydrogen (secondary N) is 1. The predicted octanol–water partition coefficient (Wildman–Crippen LogP) is 4.03. The first-order valence-corrected chi connectivity index (χ1v) is 10.8. The average molecular weight is 349 g/mol. The van der Waals surface area contributed by atoms with Crippen LogP contribution in [0.3, 0.4) is 0 Å². The predicted molar refractivity (Wildman–Crippen MR) is 100 cm³/mol. The van der Waals surface area contributed by atoms with Crippen molar-refractivity contribution in [2.24, 2.45) is 11.8 Å². The Bertz CT molecular complexity index is 445. The smallest absolute Gasteiger partial charge is 0.225 e. The molecule has 3 fully saturated rings. The van der Waals surface area contributed by atoms with Gasteiger partial charge in [-0.25, -0.2) is 0 Å². The van der Waals surface area contributed by atoms with Crippen LogP contribution < -0.4 is 5.32 Å². The van der Waals surface area contributed by atoms with E-state index in [1.54, 1.807) is 0 Å². The molecule has 142 valence electrons. The van der Waals surface area contributed by atoms with Crippen LogP contribution in [-0.2, 0) is 9.59 Å². The van der Waals surface area contributed by atoms with Gasteiger partial charge < -0.3 is 10.2 Å². The molecule has 1 heterocycles. The van der Waals surface area contributed by atoms with E-state index >= 15 is 0 Å². The molecule has 2 amide bonds. The van der Waals surface area contributed by atoms with Crippen molar-refractivity contribution in [2.75, 3.05) is 13.1 Å². The van der Waals surface area contributed by atoms with E-state index in [0.717, 1.165) is 58.0 Å². The minimum atomic E-state index is 0.0159. The molecule has 2 atom stereocenters. The third-order valence-electron chi connectivity index (χ3n) is 6.60. The van der Waals surface area contributed by atoms with Gasteiger partial charge in [0.25, 0.3) is 0 Å². The lowest BCUT2D eigenvalue weighted by Crippen LogP contribution is -2.51. The lowest BCUT2D eigenvalue weighted by atomic mass is 9.81. The summed E-state index contributed by atoms with van der Waals surface area (Å²) in [5, 5.41) is 3.14. The summed E-state index contributed by atoms with van der Waals surface area (Å²) >= 11 is 0. The maximum Gasteiger partial charge on any atom is 0.225 e. The lowest BCUT2D eigenvalue weighted by Gasteiger charge is -2.40. The second-order valence-electron chi connectivity index (χ2n) is 8.46. The van der Waals surface area contributed by atoms with Crippen molar-refractivity contribution in [2.45, 2.75) is 95.9 Å². The highest BCUT2D eigenvalue weighted by molar-refractivity contribution is 5.82. The number of amides is 2. The maximum absolute atomic E-state index is 13.2. The van der Waals surface area contributed by atoms with E-state index in [1.807, 2.05) is 0 Å². The molecule has 0 unspecified atom stereocenters. The number of fused-ring (bicyclic) bond motifs is 1. The van der Waals surface area contributed by atoms with E-state index in [1.165, 1.54) is 38.5 Å². The molecular formula is C21H36N2O2. The number of carbonyl (C=O) groups excluding carboxylic acids is 2. The van der Waals surface area contributed by atoms with Crippen LogP contribution in [0.1, 0.15) is 89.9 Å². The molecule has 1 aliphatic heterocycles. The third-order valence-corrected chi connectivity index (χ3v) is 6.60. The van der Waals surface area contributed by atoms with Gasteiger partial charge in [0.2, 0.25) is 11.8 Å². The van der Waals surface area contributed by atoms with Crippen LogP contribution in [0.4, 0.5) is 0 Å². The summed E-state index contributed by atoms with van der Waals surface area (Å²) in [5.41, 5.74) is 0. The first-order valence-electron chi connectivity index (χ1n) is 10.8. The number of nitrogens with zero attached hydrogens (tertiary/aromatic N) is 1. The third kappa shape index (κ3) is 5.21. The van der Waals surface area contributed by atoms with Gasteiger partial charge in [0.1, 0.15) is 0 Å². The van der Waals surface area contributed by atoms with E-state index < -0.39 is 0 Å². The van der Waals surface area contributed by atoms with Crippen molar-refractivity contribution in [1.29, 1.82) is 0 Å². The number of rotatable bonds is 2. The van der Waals surface area contributed by atoms with Crippen molar-refractivity contribution in [3.8, 4) is 0 Å². The molecule has 0 aromatic heterocycles. The highest BCUT2D eigenvalue weighted by Gasteiger charge is 2.37. The van der Waals surface area contributed by atoms with Gasteiger partial charge in [-0.3, -0.25) is 9.59 Å². The Morgan fingerprint density at radius 1 is 0.880 bits per heavy atom. The summed E-state index contributed by atoms with van der Waals surface area (Å²) < 4.78 is 0. The molecule has 2 saturated carbocycles. The molecule has 3 rings (SSSR count). The Morgan fingerprint density at radius 2 is 1.56 bits per heavy atom. The lowest BCUT2D eigenvalue weighted by molar-refractivity contribution is -0.140. The van der Waals surface area contributed by atoms with Crippen LogP contribution in [0.5, 0.6) is 0 Å². The number of hydrogen-bond acceptors (Lipinski definition) is 2. The van der Waals surface area contributed by atoms with Gasteiger partial charge in [0, 0.05) is 25.6 Å². The van der Waals surface area contributed by atoms with Crippen molar-refractivity contribution in [3.05, 3.63) is 0 Å². The minimum absolute atomic E-state index is 0.0159. The van der Waals surface area contributed by atoms with E-state index in [2.05, 4.69) is 10.2 Å². The topological polar surface area (TPSA) is 49.4 Å². The molecule has 0 bridgehead atoms. The Kier molecular flexibility index (Phi) is 7.18. The van der Waals surface area contributed by atoms with Crippen molar-refractivity contribution in [3.63, 3.8) is 0 Å².